The lowest BCUT2D eigenvalue weighted by molar-refractivity contribution is -0.147. The molecule has 0 saturated carbocycles. The van der Waals surface area contributed by atoms with E-state index >= 15 is 0 Å². The molecule has 8 nitrogen and oxygen atoms in total. The summed E-state index contributed by atoms with van der Waals surface area (Å²) in [5, 5.41) is 11.3. The topological polar surface area (TPSA) is 138 Å². The highest BCUT2D eigenvalue weighted by Gasteiger charge is 2.27. The molecule has 8 heteroatoms. The minimum absolute atomic E-state index is 0.0631. The molecule has 0 atom stereocenters. The van der Waals surface area contributed by atoms with E-state index in [0.29, 0.717) is 18.7 Å². The Kier molecular flexibility index (Phi) is 4.49. The van der Waals surface area contributed by atoms with Crippen molar-refractivity contribution in [2.24, 2.45) is 11.1 Å². The van der Waals surface area contributed by atoms with E-state index < -0.39 is 17.4 Å². The number of carbonyl (C=O) groups is 3. The first-order valence-corrected chi connectivity index (χ1v) is 6.03. The molecule has 1 aromatic heterocycles. The van der Waals surface area contributed by atoms with Crippen LogP contribution in [0.5, 0.6) is 0 Å². The molecule has 0 aliphatic rings. The van der Waals surface area contributed by atoms with Crippen LogP contribution in [0, 0.1) is 5.41 Å². The highest BCUT2D eigenvalue weighted by Crippen LogP contribution is 2.23. The number of imidazole rings is 1. The smallest absolute Gasteiger partial charge is 0.317 e. The van der Waals surface area contributed by atoms with Gasteiger partial charge < -0.3 is 15.8 Å². The summed E-state index contributed by atoms with van der Waals surface area (Å²) in [6, 6.07) is -0.823. The molecule has 2 amide bonds. The van der Waals surface area contributed by atoms with Crippen LogP contribution in [-0.4, -0.2) is 32.9 Å². The van der Waals surface area contributed by atoms with Gasteiger partial charge in [0.1, 0.15) is 11.5 Å². The number of carbonyl (C=O) groups excluding carboxylic acids is 2. The van der Waals surface area contributed by atoms with Crippen molar-refractivity contribution in [2.75, 3.05) is 5.32 Å². The number of carboxylic acids is 1. The number of amides is 2. The van der Waals surface area contributed by atoms with E-state index in [0.717, 1.165) is 0 Å². The number of ketones is 1. The predicted octanol–water partition coefficient (Wildman–Crippen LogP) is 1.15. The third-order valence-corrected chi connectivity index (χ3v) is 2.91. The van der Waals surface area contributed by atoms with Crippen LogP contribution in [0.4, 0.5) is 10.6 Å². The third-order valence-electron chi connectivity index (χ3n) is 2.91. The van der Waals surface area contributed by atoms with E-state index in [1.54, 1.807) is 13.8 Å². The normalized spacial score (nSPS) is 11.2. The number of hydrogen-bond acceptors (Lipinski definition) is 4. The Morgan fingerprint density at radius 2 is 2.00 bits per heavy atom. The van der Waals surface area contributed by atoms with E-state index in [1.807, 2.05) is 0 Å². The number of carboxylic acid groups (broad SMARTS) is 1. The Bertz CT molecular complexity index is 548. The molecule has 20 heavy (non-hydrogen) atoms. The van der Waals surface area contributed by atoms with Crippen molar-refractivity contribution in [1.82, 2.24) is 9.97 Å². The maximum atomic E-state index is 11.4. The molecular weight excluding hydrogens is 264 g/mol. The van der Waals surface area contributed by atoms with E-state index in [1.165, 1.54) is 6.92 Å². The van der Waals surface area contributed by atoms with Crippen LogP contribution in [0.2, 0.25) is 0 Å². The SMILES string of the molecule is CC(=O)c1[nH]c(CCC(C)(C)C(=O)O)nc1NC(N)=O. The summed E-state index contributed by atoms with van der Waals surface area (Å²) >= 11 is 0. The second-order valence-corrected chi connectivity index (χ2v) is 5.14. The summed E-state index contributed by atoms with van der Waals surface area (Å²) in [5.74, 6) is -0.724. The summed E-state index contributed by atoms with van der Waals surface area (Å²) < 4.78 is 0. The Balaban J connectivity index is 2.89. The van der Waals surface area contributed by atoms with Gasteiger partial charge in [-0.05, 0) is 20.3 Å². The van der Waals surface area contributed by atoms with Crippen LogP contribution in [0.3, 0.4) is 0 Å². The number of urea groups is 1. The first kappa shape index (κ1) is 15.7. The molecule has 0 aliphatic carbocycles. The number of aromatic nitrogens is 2. The van der Waals surface area contributed by atoms with E-state index in [4.69, 9.17) is 10.8 Å². The molecule has 0 saturated heterocycles. The number of nitrogens with two attached hydrogens (primary N) is 1. The summed E-state index contributed by atoms with van der Waals surface area (Å²) in [6.07, 6.45) is 0.670. The molecule has 0 aromatic carbocycles. The number of nitrogens with zero attached hydrogens (tertiary/aromatic N) is 1. The molecular formula is C12H18N4O4. The van der Waals surface area contributed by atoms with Crippen LogP contribution < -0.4 is 11.1 Å². The van der Waals surface area contributed by atoms with Crippen molar-refractivity contribution in [1.29, 1.82) is 0 Å². The van der Waals surface area contributed by atoms with Crippen molar-refractivity contribution in [2.45, 2.75) is 33.6 Å². The first-order chi connectivity index (χ1) is 9.13. The lowest BCUT2D eigenvalue weighted by atomic mass is 9.88. The fourth-order valence-corrected chi connectivity index (χ4v) is 1.54. The fraction of sp³-hybridized carbons (Fsp3) is 0.500. The quantitative estimate of drug-likeness (QED) is 0.579. The van der Waals surface area contributed by atoms with Gasteiger partial charge in [0, 0.05) is 13.3 Å². The predicted molar refractivity (Wildman–Crippen MR) is 71.5 cm³/mol. The number of Topliss-reactive ketones (excluding diaryl/α,β-unsaturated/α-hetero) is 1. The van der Waals surface area contributed by atoms with Crippen molar-refractivity contribution in [3.63, 3.8) is 0 Å². The number of aromatic amines is 1. The lowest BCUT2D eigenvalue weighted by Gasteiger charge is -2.17. The zero-order valence-corrected chi connectivity index (χ0v) is 11.6. The van der Waals surface area contributed by atoms with E-state index in [-0.39, 0.29) is 17.3 Å². The van der Waals surface area contributed by atoms with E-state index in [2.05, 4.69) is 15.3 Å². The number of H-pyrrole nitrogens is 1. The van der Waals surface area contributed by atoms with Crippen molar-refractivity contribution in [3.05, 3.63) is 11.5 Å². The highest BCUT2D eigenvalue weighted by atomic mass is 16.4. The molecule has 0 radical (unpaired) electrons. The molecule has 0 unspecified atom stereocenters. The molecule has 5 N–H and O–H groups in total. The molecule has 0 fully saturated rings. The minimum atomic E-state index is -0.911. The number of nitrogens with one attached hydrogen (secondary N) is 2. The van der Waals surface area contributed by atoms with E-state index in [9.17, 15) is 14.4 Å². The fourth-order valence-electron chi connectivity index (χ4n) is 1.54. The first-order valence-electron chi connectivity index (χ1n) is 6.03. The average molecular weight is 282 g/mol. The maximum absolute atomic E-state index is 11.4. The van der Waals surface area contributed by atoms with Gasteiger partial charge in [-0.3, -0.25) is 14.9 Å². The number of anilines is 1. The van der Waals surface area contributed by atoms with Gasteiger partial charge in [0.25, 0.3) is 0 Å². The van der Waals surface area contributed by atoms with Crippen molar-refractivity contribution >= 4 is 23.6 Å². The molecule has 1 rings (SSSR count). The lowest BCUT2D eigenvalue weighted by Crippen LogP contribution is -2.24. The Morgan fingerprint density at radius 3 is 2.45 bits per heavy atom. The molecule has 0 aliphatic heterocycles. The largest absolute Gasteiger partial charge is 0.481 e. The second kappa shape index (κ2) is 5.72. The molecule has 0 bridgehead atoms. The minimum Gasteiger partial charge on any atom is -0.481 e. The summed E-state index contributed by atoms with van der Waals surface area (Å²) in [5.41, 5.74) is 4.24. The van der Waals surface area contributed by atoms with Crippen LogP contribution >= 0.6 is 0 Å². The van der Waals surface area contributed by atoms with Gasteiger partial charge in [-0.15, -0.1) is 0 Å². The highest BCUT2D eigenvalue weighted by molar-refractivity contribution is 6.00. The summed E-state index contributed by atoms with van der Waals surface area (Å²) in [7, 11) is 0. The van der Waals surface area contributed by atoms with Gasteiger partial charge in [0.05, 0.1) is 5.41 Å². The van der Waals surface area contributed by atoms with Crippen LogP contribution in [-0.2, 0) is 11.2 Å². The average Bonchev–Trinajstić information content (AvgIpc) is 2.68. The van der Waals surface area contributed by atoms with Crippen LogP contribution in [0.15, 0.2) is 0 Å². The zero-order valence-electron chi connectivity index (χ0n) is 11.6. The van der Waals surface area contributed by atoms with Gasteiger partial charge in [-0.2, -0.15) is 0 Å². The Morgan fingerprint density at radius 1 is 1.40 bits per heavy atom. The number of aryl methyl sites for hydroxylation is 1. The van der Waals surface area contributed by atoms with Crippen LogP contribution in [0.25, 0.3) is 0 Å². The van der Waals surface area contributed by atoms with Crippen LogP contribution in [0.1, 0.15) is 43.5 Å². The molecule has 0 spiro atoms. The zero-order chi connectivity index (χ0) is 15.5. The summed E-state index contributed by atoms with van der Waals surface area (Å²) in [6.45, 7) is 4.53. The molecule has 1 heterocycles. The number of primary amides is 1. The summed E-state index contributed by atoms with van der Waals surface area (Å²) in [4.78, 5) is 40.1. The Labute approximate surface area is 115 Å². The van der Waals surface area contributed by atoms with Crippen molar-refractivity contribution < 1.29 is 19.5 Å². The molecule has 110 valence electrons. The van der Waals surface area contributed by atoms with Gasteiger partial charge in [0.15, 0.2) is 11.6 Å². The van der Waals surface area contributed by atoms with Gasteiger partial charge >= 0.3 is 12.0 Å². The monoisotopic (exact) mass is 282 g/mol. The molecule has 1 aromatic rings. The third kappa shape index (κ3) is 3.81. The standard InChI is InChI=1S/C12H18N4O4/c1-6(17)8-9(16-11(13)20)15-7(14-8)4-5-12(2,3)10(18)19/h4-5H2,1-3H3,(H,14,15)(H,18,19)(H3,13,16,20). The second-order valence-electron chi connectivity index (χ2n) is 5.14. The van der Waals surface area contributed by atoms with Gasteiger partial charge in [-0.1, -0.05) is 0 Å². The number of aliphatic carboxylic acids is 1. The van der Waals surface area contributed by atoms with Crippen molar-refractivity contribution in [3.8, 4) is 0 Å². The Hall–Kier alpha value is -2.38. The number of rotatable bonds is 6. The maximum Gasteiger partial charge on any atom is 0.317 e. The number of hydrogen-bond donors (Lipinski definition) is 4. The van der Waals surface area contributed by atoms with Gasteiger partial charge in [-0.25, -0.2) is 9.78 Å². The van der Waals surface area contributed by atoms with Gasteiger partial charge in [0.2, 0.25) is 0 Å².